The third kappa shape index (κ3) is 9.62. The summed E-state index contributed by atoms with van der Waals surface area (Å²) in [5.74, 6) is 0.502. The van der Waals surface area contributed by atoms with Crippen LogP contribution in [0.4, 0.5) is 10.5 Å². The lowest BCUT2D eigenvalue weighted by molar-refractivity contribution is 0.0491. The third-order valence-corrected chi connectivity index (χ3v) is 8.80. The summed E-state index contributed by atoms with van der Waals surface area (Å²) >= 11 is 0. The molecule has 1 heterocycles. The minimum Gasteiger partial charge on any atom is -0.491 e. The SMILES string of the molecule is CCN(c1cc(-c2ccc(OCCOC)cc2)cc(C(=O)NCc2c(C)cc(C)[nH]c2=O)c1C)C1CCC(NC(=O)OC(C)(C)C)CC1. The highest BCUT2D eigenvalue weighted by atomic mass is 16.6. The van der Waals surface area contributed by atoms with Crippen LogP contribution in [0, 0.1) is 20.8 Å². The van der Waals surface area contributed by atoms with Crippen molar-refractivity contribution in [3.63, 3.8) is 0 Å². The quantitative estimate of drug-likeness (QED) is 0.188. The Hall–Kier alpha value is -4.31. The van der Waals surface area contributed by atoms with Crippen LogP contribution in [0.5, 0.6) is 5.75 Å². The van der Waals surface area contributed by atoms with E-state index in [2.05, 4.69) is 33.5 Å². The van der Waals surface area contributed by atoms with E-state index in [-0.39, 0.29) is 36.2 Å². The highest BCUT2D eigenvalue weighted by Gasteiger charge is 2.29. The van der Waals surface area contributed by atoms with Crippen molar-refractivity contribution < 1.29 is 23.8 Å². The third-order valence-electron chi connectivity index (χ3n) is 8.80. The second-order valence-corrected chi connectivity index (χ2v) is 13.6. The van der Waals surface area contributed by atoms with Crippen molar-refractivity contribution in [3.8, 4) is 16.9 Å². The summed E-state index contributed by atoms with van der Waals surface area (Å²) in [5, 5.41) is 6.06. The summed E-state index contributed by atoms with van der Waals surface area (Å²) in [5.41, 5.74) is 5.72. The summed E-state index contributed by atoms with van der Waals surface area (Å²) < 4.78 is 16.3. The Balaban J connectivity index is 1.62. The van der Waals surface area contributed by atoms with Crippen molar-refractivity contribution in [1.82, 2.24) is 15.6 Å². The number of aromatic amines is 1. The Bertz CT molecular complexity index is 1620. The highest BCUT2D eigenvalue weighted by Crippen LogP contribution is 2.36. The van der Waals surface area contributed by atoms with E-state index >= 15 is 0 Å². The van der Waals surface area contributed by atoms with Crippen molar-refractivity contribution in [3.05, 3.63) is 80.8 Å². The van der Waals surface area contributed by atoms with Crippen molar-refractivity contribution in [1.29, 1.82) is 0 Å². The van der Waals surface area contributed by atoms with Crippen LogP contribution < -0.4 is 25.8 Å². The van der Waals surface area contributed by atoms with Gasteiger partial charge in [0.2, 0.25) is 0 Å². The Morgan fingerprint density at radius 1 is 0.958 bits per heavy atom. The molecule has 0 radical (unpaired) electrons. The molecule has 10 heteroatoms. The lowest BCUT2D eigenvalue weighted by Gasteiger charge is -2.39. The number of rotatable bonds is 12. The van der Waals surface area contributed by atoms with Gasteiger partial charge in [0.15, 0.2) is 0 Å². The molecule has 1 aromatic heterocycles. The first kappa shape index (κ1) is 36.5. The molecule has 1 fully saturated rings. The van der Waals surface area contributed by atoms with Crippen LogP contribution in [0.2, 0.25) is 0 Å². The van der Waals surface area contributed by atoms with E-state index in [1.807, 2.05) is 77.9 Å². The van der Waals surface area contributed by atoms with Crippen LogP contribution in [0.3, 0.4) is 0 Å². The number of aryl methyl sites for hydroxylation is 2. The summed E-state index contributed by atoms with van der Waals surface area (Å²) in [6.45, 7) is 15.3. The van der Waals surface area contributed by atoms with Crippen LogP contribution in [-0.4, -0.2) is 61.5 Å². The molecule has 48 heavy (non-hydrogen) atoms. The lowest BCUT2D eigenvalue weighted by Crippen LogP contribution is -2.45. The van der Waals surface area contributed by atoms with Crippen LogP contribution in [0.1, 0.15) is 86.1 Å². The predicted octanol–water partition coefficient (Wildman–Crippen LogP) is 6.58. The van der Waals surface area contributed by atoms with E-state index in [1.165, 1.54) is 0 Å². The Kier molecular flexibility index (Phi) is 12.3. The average molecular weight is 661 g/mol. The maximum atomic E-state index is 13.9. The average Bonchev–Trinajstić information content (AvgIpc) is 3.02. The first-order chi connectivity index (χ1) is 22.8. The predicted molar refractivity (Wildman–Crippen MR) is 190 cm³/mol. The molecule has 0 atom stereocenters. The van der Waals surface area contributed by atoms with Crippen LogP contribution >= 0.6 is 0 Å². The largest absolute Gasteiger partial charge is 0.491 e. The van der Waals surface area contributed by atoms with E-state index in [0.29, 0.717) is 24.3 Å². The number of H-pyrrole nitrogens is 1. The van der Waals surface area contributed by atoms with Crippen molar-refractivity contribution in [2.24, 2.45) is 0 Å². The molecule has 0 saturated heterocycles. The summed E-state index contributed by atoms with van der Waals surface area (Å²) in [7, 11) is 1.64. The molecule has 1 aliphatic carbocycles. The fourth-order valence-electron chi connectivity index (χ4n) is 6.38. The molecule has 1 aliphatic rings. The molecular weight excluding hydrogens is 608 g/mol. The lowest BCUT2D eigenvalue weighted by atomic mass is 9.88. The second kappa shape index (κ2) is 16.2. The number of methoxy groups -OCH3 is 1. The second-order valence-electron chi connectivity index (χ2n) is 13.6. The first-order valence-corrected chi connectivity index (χ1v) is 16.9. The van der Waals surface area contributed by atoms with Gasteiger partial charge < -0.3 is 34.7 Å². The van der Waals surface area contributed by atoms with Gasteiger partial charge in [0.1, 0.15) is 18.0 Å². The molecule has 1 saturated carbocycles. The highest BCUT2D eigenvalue weighted by molar-refractivity contribution is 5.99. The monoisotopic (exact) mass is 660 g/mol. The number of ether oxygens (including phenoxy) is 3. The number of aromatic nitrogens is 1. The van der Waals surface area contributed by atoms with Gasteiger partial charge >= 0.3 is 6.09 Å². The maximum Gasteiger partial charge on any atom is 0.407 e. The van der Waals surface area contributed by atoms with Crippen LogP contribution in [-0.2, 0) is 16.0 Å². The minimum absolute atomic E-state index is 0.0570. The van der Waals surface area contributed by atoms with Crippen molar-refractivity contribution in [2.45, 2.75) is 98.4 Å². The van der Waals surface area contributed by atoms with E-state index in [9.17, 15) is 14.4 Å². The summed E-state index contributed by atoms with van der Waals surface area (Å²) in [6.07, 6.45) is 3.07. The van der Waals surface area contributed by atoms with Gasteiger partial charge in [0.25, 0.3) is 11.5 Å². The fourth-order valence-corrected chi connectivity index (χ4v) is 6.38. The Morgan fingerprint density at radius 3 is 2.25 bits per heavy atom. The van der Waals surface area contributed by atoms with Gasteiger partial charge in [-0.2, -0.15) is 0 Å². The molecule has 0 spiro atoms. The topological polar surface area (TPSA) is 122 Å². The standard InChI is InChI=1S/C38H52N4O6/c1-9-42(30-14-12-29(13-15-30)41-37(45)48-38(5,6)7)34-22-28(27-10-16-31(17-11-27)47-19-18-46-8)21-32(26(34)4)35(43)39-23-33-24(2)20-25(3)40-36(33)44/h10-11,16-17,20-22,29-30H,9,12-15,18-19,23H2,1-8H3,(H,39,43)(H,40,44)(H,41,45). The number of nitrogens with zero attached hydrogens (tertiary/aromatic N) is 1. The van der Waals surface area contributed by atoms with E-state index in [4.69, 9.17) is 14.2 Å². The zero-order valence-electron chi connectivity index (χ0n) is 29.7. The van der Waals surface area contributed by atoms with Gasteiger partial charge in [-0.05, 0) is 127 Å². The Morgan fingerprint density at radius 2 is 1.65 bits per heavy atom. The number of anilines is 1. The van der Waals surface area contributed by atoms with Gasteiger partial charge in [-0.25, -0.2) is 4.79 Å². The number of pyridine rings is 1. The molecule has 260 valence electrons. The number of amides is 2. The van der Waals surface area contributed by atoms with Crippen LogP contribution in [0.25, 0.3) is 11.1 Å². The summed E-state index contributed by atoms with van der Waals surface area (Å²) in [4.78, 5) is 44.2. The molecule has 10 nitrogen and oxygen atoms in total. The molecule has 4 rings (SSSR count). The normalized spacial score (nSPS) is 16.2. The van der Waals surface area contributed by atoms with Crippen molar-refractivity contribution >= 4 is 17.7 Å². The molecule has 2 amide bonds. The van der Waals surface area contributed by atoms with Gasteiger partial charge in [0, 0.05) is 54.8 Å². The zero-order valence-corrected chi connectivity index (χ0v) is 29.7. The molecule has 0 bridgehead atoms. The molecule has 3 aromatic rings. The number of carbonyl (C=O) groups is 2. The van der Waals surface area contributed by atoms with Crippen molar-refractivity contribution in [2.75, 3.05) is 31.8 Å². The van der Waals surface area contributed by atoms with E-state index < -0.39 is 5.60 Å². The molecule has 0 aliphatic heterocycles. The molecule has 3 N–H and O–H groups in total. The number of hydrogen-bond acceptors (Lipinski definition) is 7. The van der Waals surface area contributed by atoms with Gasteiger partial charge in [-0.15, -0.1) is 0 Å². The van der Waals surface area contributed by atoms with Gasteiger partial charge in [-0.3, -0.25) is 9.59 Å². The number of carbonyl (C=O) groups excluding carboxylic acids is 2. The molecular formula is C38H52N4O6. The zero-order chi connectivity index (χ0) is 35.0. The number of benzene rings is 2. The van der Waals surface area contributed by atoms with Gasteiger partial charge in [-0.1, -0.05) is 12.1 Å². The smallest absolute Gasteiger partial charge is 0.407 e. The minimum atomic E-state index is -0.543. The van der Waals surface area contributed by atoms with Crippen LogP contribution in [0.15, 0.2) is 47.3 Å². The molecule has 0 unspecified atom stereocenters. The van der Waals surface area contributed by atoms with E-state index in [1.54, 1.807) is 7.11 Å². The Labute approximate surface area is 284 Å². The maximum absolute atomic E-state index is 13.9. The van der Waals surface area contributed by atoms with Gasteiger partial charge in [0.05, 0.1) is 6.61 Å². The number of hydrogen-bond donors (Lipinski definition) is 3. The molecule has 2 aromatic carbocycles. The summed E-state index contributed by atoms with van der Waals surface area (Å²) in [6, 6.07) is 14.1. The fraction of sp³-hybridized carbons (Fsp3) is 0.500. The number of alkyl carbamates (subject to hydrolysis) is 1. The van der Waals surface area contributed by atoms with E-state index in [0.717, 1.165) is 71.6 Å². The first-order valence-electron chi connectivity index (χ1n) is 16.9. The number of nitrogens with one attached hydrogen (secondary N) is 3.